The van der Waals surface area contributed by atoms with Crippen LogP contribution in [0.5, 0.6) is 0 Å². The lowest BCUT2D eigenvalue weighted by molar-refractivity contribution is 0.652. The number of aliphatic imine (C=N–C) groups is 1. The van der Waals surface area contributed by atoms with Gasteiger partial charge >= 0.3 is 0 Å². The van der Waals surface area contributed by atoms with E-state index >= 15 is 0 Å². The summed E-state index contributed by atoms with van der Waals surface area (Å²) in [6, 6.07) is 1.27. The average Bonchev–Trinajstić information content (AvgIpc) is 2.82. The molecule has 80 valence electrons. The maximum atomic E-state index is 4.70. The molecular weight excluding hydrogens is 192 g/mol. The van der Waals surface area contributed by atoms with Gasteiger partial charge in [-0.05, 0) is 18.8 Å². The van der Waals surface area contributed by atoms with Gasteiger partial charge in [-0.25, -0.2) is 0 Å². The van der Waals surface area contributed by atoms with Gasteiger partial charge in [0.25, 0.3) is 0 Å². The molecule has 1 N–H and O–H groups in total. The maximum Gasteiger partial charge on any atom is 0.157 e. The zero-order chi connectivity index (χ0) is 10.1. The van der Waals surface area contributed by atoms with Gasteiger partial charge in [0.15, 0.2) is 5.17 Å². The average molecular weight is 212 g/mol. The van der Waals surface area contributed by atoms with Crippen molar-refractivity contribution in [3.8, 4) is 0 Å². The van der Waals surface area contributed by atoms with E-state index in [1.807, 2.05) is 11.8 Å². The minimum absolute atomic E-state index is 0.543. The summed E-state index contributed by atoms with van der Waals surface area (Å²) in [5, 5.41) is 5.43. The van der Waals surface area contributed by atoms with Gasteiger partial charge in [-0.1, -0.05) is 39.0 Å². The second kappa shape index (κ2) is 4.13. The van der Waals surface area contributed by atoms with Gasteiger partial charge in [0.05, 0.1) is 6.04 Å². The highest BCUT2D eigenvalue weighted by atomic mass is 32.2. The van der Waals surface area contributed by atoms with Crippen molar-refractivity contribution in [1.29, 1.82) is 0 Å². The normalized spacial score (nSPS) is 40.9. The van der Waals surface area contributed by atoms with Crippen LogP contribution in [0.2, 0.25) is 0 Å². The van der Waals surface area contributed by atoms with E-state index < -0.39 is 0 Å². The summed E-state index contributed by atoms with van der Waals surface area (Å²) < 4.78 is 0. The molecule has 2 aliphatic rings. The van der Waals surface area contributed by atoms with Crippen molar-refractivity contribution < 1.29 is 0 Å². The first-order chi connectivity index (χ1) is 6.74. The van der Waals surface area contributed by atoms with Gasteiger partial charge in [-0.2, -0.15) is 0 Å². The van der Waals surface area contributed by atoms with Crippen molar-refractivity contribution in [2.75, 3.05) is 0 Å². The molecule has 0 aromatic rings. The molecule has 2 nitrogen and oxygen atoms in total. The number of hydrogen-bond acceptors (Lipinski definition) is 3. The van der Waals surface area contributed by atoms with E-state index in [1.54, 1.807) is 0 Å². The van der Waals surface area contributed by atoms with E-state index in [-0.39, 0.29) is 0 Å². The van der Waals surface area contributed by atoms with Crippen LogP contribution in [0.15, 0.2) is 4.99 Å². The van der Waals surface area contributed by atoms with Crippen LogP contribution in [-0.2, 0) is 0 Å². The Balaban J connectivity index is 1.82. The molecule has 0 saturated heterocycles. The number of nitrogens with zero attached hydrogens (tertiary/aromatic N) is 1. The predicted octanol–water partition coefficient (Wildman–Crippen LogP) is 2.64. The fourth-order valence-corrected chi connectivity index (χ4v) is 3.25. The molecule has 0 aromatic carbocycles. The highest BCUT2D eigenvalue weighted by molar-refractivity contribution is 8.14. The molecule has 3 heteroatoms. The molecule has 0 aromatic heterocycles. The van der Waals surface area contributed by atoms with Crippen molar-refractivity contribution in [1.82, 2.24) is 5.32 Å². The first-order valence-electron chi connectivity index (χ1n) is 5.75. The van der Waals surface area contributed by atoms with Crippen LogP contribution in [-0.4, -0.2) is 22.5 Å². The molecule has 1 heterocycles. The SMILES string of the molecule is CCC1CC1NC1=NC(CC)C(C)S1. The third-order valence-corrected chi connectivity index (χ3v) is 4.43. The Bertz CT molecular complexity index is 239. The van der Waals surface area contributed by atoms with Crippen LogP contribution < -0.4 is 5.32 Å². The van der Waals surface area contributed by atoms with Gasteiger partial charge in [-0.15, -0.1) is 0 Å². The summed E-state index contributed by atoms with van der Waals surface area (Å²) in [7, 11) is 0. The van der Waals surface area contributed by atoms with Gasteiger partial charge in [-0.3, -0.25) is 4.99 Å². The van der Waals surface area contributed by atoms with E-state index in [9.17, 15) is 0 Å². The number of thioether (sulfide) groups is 1. The Hall–Kier alpha value is -0.180. The summed E-state index contributed by atoms with van der Waals surface area (Å²) in [6.07, 6.45) is 3.82. The second-order valence-corrected chi connectivity index (χ2v) is 5.75. The molecule has 1 fully saturated rings. The van der Waals surface area contributed by atoms with Crippen LogP contribution >= 0.6 is 11.8 Å². The Morgan fingerprint density at radius 3 is 2.71 bits per heavy atom. The summed E-state index contributed by atoms with van der Waals surface area (Å²) in [4.78, 5) is 4.70. The first kappa shape index (κ1) is 10.3. The molecule has 4 unspecified atom stereocenters. The van der Waals surface area contributed by atoms with Crippen LogP contribution in [0.3, 0.4) is 0 Å². The molecule has 1 saturated carbocycles. The molecule has 1 aliphatic heterocycles. The largest absolute Gasteiger partial charge is 0.362 e. The fraction of sp³-hybridized carbons (Fsp3) is 0.909. The Morgan fingerprint density at radius 2 is 2.21 bits per heavy atom. The first-order valence-corrected chi connectivity index (χ1v) is 6.63. The van der Waals surface area contributed by atoms with Crippen molar-refractivity contribution in [2.24, 2.45) is 10.9 Å². The smallest absolute Gasteiger partial charge is 0.157 e. The number of rotatable bonds is 3. The van der Waals surface area contributed by atoms with Crippen molar-refractivity contribution in [3.63, 3.8) is 0 Å². The molecule has 1 aliphatic carbocycles. The predicted molar refractivity (Wildman–Crippen MR) is 63.9 cm³/mol. The third kappa shape index (κ3) is 2.08. The van der Waals surface area contributed by atoms with Gasteiger partial charge in [0.1, 0.15) is 0 Å². The third-order valence-electron chi connectivity index (χ3n) is 3.30. The minimum atomic E-state index is 0.543. The molecule has 0 bridgehead atoms. The Labute approximate surface area is 90.9 Å². The zero-order valence-corrected chi connectivity index (χ0v) is 10.1. The second-order valence-electron chi connectivity index (χ2n) is 4.39. The van der Waals surface area contributed by atoms with Crippen LogP contribution in [0.25, 0.3) is 0 Å². The van der Waals surface area contributed by atoms with Crippen LogP contribution in [0, 0.1) is 5.92 Å². The lowest BCUT2D eigenvalue weighted by atomic mass is 10.2. The summed E-state index contributed by atoms with van der Waals surface area (Å²) in [5.74, 6) is 0.911. The van der Waals surface area contributed by atoms with Crippen LogP contribution in [0.4, 0.5) is 0 Å². The quantitative estimate of drug-likeness (QED) is 0.778. The Kier molecular flexibility index (Phi) is 3.05. The van der Waals surface area contributed by atoms with Gasteiger partial charge < -0.3 is 5.32 Å². The summed E-state index contributed by atoms with van der Waals surface area (Å²) >= 11 is 1.92. The Morgan fingerprint density at radius 1 is 1.43 bits per heavy atom. The molecule has 14 heavy (non-hydrogen) atoms. The topological polar surface area (TPSA) is 24.4 Å². The number of nitrogens with one attached hydrogen (secondary N) is 1. The van der Waals surface area contributed by atoms with Crippen LogP contribution in [0.1, 0.15) is 40.0 Å². The van der Waals surface area contributed by atoms with E-state index in [0.717, 1.165) is 12.0 Å². The van der Waals surface area contributed by atoms with E-state index in [1.165, 1.54) is 24.4 Å². The molecule has 2 rings (SSSR count). The minimum Gasteiger partial charge on any atom is -0.362 e. The van der Waals surface area contributed by atoms with Crippen molar-refractivity contribution in [3.05, 3.63) is 0 Å². The standard InChI is InChI=1S/C11H20N2S/c1-4-8-6-10(8)13-11-12-9(5-2)7(3)14-11/h7-10H,4-6H2,1-3H3,(H,12,13). The summed E-state index contributed by atoms with van der Waals surface area (Å²) in [5.41, 5.74) is 0. The van der Waals surface area contributed by atoms with Crippen molar-refractivity contribution >= 4 is 16.9 Å². The van der Waals surface area contributed by atoms with Crippen molar-refractivity contribution in [2.45, 2.75) is 57.4 Å². The lowest BCUT2D eigenvalue weighted by Crippen LogP contribution is -2.23. The lowest BCUT2D eigenvalue weighted by Gasteiger charge is -2.07. The van der Waals surface area contributed by atoms with Gasteiger partial charge in [0.2, 0.25) is 0 Å². The maximum absolute atomic E-state index is 4.70. The molecule has 0 spiro atoms. The number of amidine groups is 1. The molecular formula is C11H20N2S. The summed E-state index contributed by atoms with van der Waals surface area (Å²) in [6.45, 7) is 6.77. The highest BCUT2D eigenvalue weighted by Crippen LogP contribution is 2.35. The van der Waals surface area contributed by atoms with E-state index in [0.29, 0.717) is 11.3 Å². The zero-order valence-electron chi connectivity index (χ0n) is 9.29. The van der Waals surface area contributed by atoms with Gasteiger partial charge in [0, 0.05) is 11.3 Å². The molecule has 4 atom stereocenters. The highest BCUT2D eigenvalue weighted by Gasteiger charge is 2.37. The molecule has 0 radical (unpaired) electrons. The monoisotopic (exact) mass is 212 g/mol. The van der Waals surface area contributed by atoms with E-state index in [4.69, 9.17) is 4.99 Å². The molecule has 0 amide bonds. The number of hydrogen-bond donors (Lipinski definition) is 1. The van der Waals surface area contributed by atoms with E-state index in [2.05, 4.69) is 26.1 Å². The fourth-order valence-electron chi connectivity index (χ4n) is 2.07.